The average molecular weight is 315 g/mol. The van der Waals surface area contributed by atoms with Crippen molar-refractivity contribution in [1.29, 1.82) is 0 Å². The van der Waals surface area contributed by atoms with Crippen LogP contribution in [-0.2, 0) is 6.54 Å². The summed E-state index contributed by atoms with van der Waals surface area (Å²) < 4.78 is 5.19. The van der Waals surface area contributed by atoms with Gasteiger partial charge >= 0.3 is 0 Å². The van der Waals surface area contributed by atoms with E-state index in [1.54, 1.807) is 42.7 Å². The molecule has 0 aliphatic carbocycles. The fourth-order valence-corrected chi connectivity index (χ4v) is 1.99. The van der Waals surface area contributed by atoms with Crippen molar-refractivity contribution in [2.24, 2.45) is 0 Å². The van der Waals surface area contributed by atoms with Gasteiger partial charge in [0, 0.05) is 6.54 Å². The van der Waals surface area contributed by atoms with Crippen LogP contribution in [0.1, 0.15) is 16.1 Å². The molecule has 0 aliphatic rings. The Bertz CT molecular complexity index is 653. The van der Waals surface area contributed by atoms with Gasteiger partial charge in [-0.1, -0.05) is 18.2 Å². The lowest BCUT2D eigenvalue weighted by Crippen LogP contribution is -2.30. The fraction of sp³-hybridized carbons (Fsp3) is 0.125. The number of rotatable bonds is 6. The molecule has 0 saturated heterocycles. The standard InChI is InChI=1S/C16H17N3O2S/c1-2-9-17-16(22)19-14-8-4-3-7-13(14)15(20)18-11-12-6-5-10-21-12/h2-8,10H,1,9,11H2,(H,18,20)(H2,17,19,22). The zero-order valence-corrected chi connectivity index (χ0v) is 12.8. The third-order valence-electron chi connectivity index (χ3n) is 2.83. The average Bonchev–Trinajstić information content (AvgIpc) is 3.04. The van der Waals surface area contributed by atoms with Crippen molar-refractivity contribution in [3.63, 3.8) is 0 Å². The quantitative estimate of drug-likeness (QED) is 0.565. The lowest BCUT2D eigenvalue weighted by Gasteiger charge is -2.13. The molecule has 1 amide bonds. The number of furan rings is 1. The highest BCUT2D eigenvalue weighted by molar-refractivity contribution is 7.80. The molecule has 114 valence electrons. The van der Waals surface area contributed by atoms with E-state index in [9.17, 15) is 4.79 Å². The van der Waals surface area contributed by atoms with Crippen LogP contribution in [0.4, 0.5) is 5.69 Å². The van der Waals surface area contributed by atoms with Crippen LogP contribution in [0.5, 0.6) is 0 Å². The number of para-hydroxylation sites is 1. The Morgan fingerprint density at radius 2 is 2.05 bits per heavy atom. The summed E-state index contributed by atoms with van der Waals surface area (Å²) in [6, 6.07) is 10.7. The van der Waals surface area contributed by atoms with Gasteiger partial charge in [0.2, 0.25) is 0 Å². The number of carbonyl (C=O) groups excluding carboxylic acids is 1. The lowest BCUT2D eigenvalue weighted by molar-refractivity contribution is 0.0949. The summed E-state index contributed by atoms with van der Waals surface area (Å²) in [7, 11) is 0. The van der Waals surface area contributed by atoms with Gasteiger partial charge in [-0.3, -0.25) is 4.79 Å². The van der Waals surface area contributed by atoms with Gasteiger partial charge in [0.15, 0.2) is 5.11 Å². The van der Waals surface area contributed by atoms with E-state index < -0.39 is 0 Å². The first-order chi connectivity index (χ1) is 10.7. The van der Waals surface area contributed by atoms with E-state index in [-0.39, 0.29) is 5.91 Å². The summed E-state index contributed by atoms with van der Waals surface area (Å²) in [6.45, 7) is 4.50. The number of amides is 1. The van der Waals surface area contributed by atoms with E-state index in [0.29, 0.717) is 35.2 Å². The molecule has 3 N–H and O–H groups in total. The highest BCUT2D eigenvalue weighted by Crippen LogP contribution is 2.15. The number of hydrogen-bond donors (Lipinski definition) is 3. The van der Waals surface area contributed by atoms with E-state index >= 15 is 0 Å². The Morgan fingerprint density at radius 3 is 2.77 bits per heavy atom. The van der Waals surface area contributed by atoms with Crippen molar-refractivity contribution < 1.29 is 9.21 Å². The molecule has 0 unspecified atom stereocenters. The molecule has 1 aromatic carbocycles. The minimum Gasteiger partial charge on any atom is -0.467 e. The number of nitrogens with one attached hydrogen (secondary N) is 3. The van der Waals surface area contributed by atoms with Crippen LogP contribution in [0, 0.1) is 0 Å². The number of thiocarbonyl (C=S) groups is 1. The molecule has 1 aromatic heterocycles. The van der Waals surface area contributed by atoms with Crippen LogP contribution in [0.2, 0.25) is 0 Å². The lowest BCUT2D eigenvalue weighted by atomic mass is 10.1. The highest BCUT2D eigenvalue weighted by Gasteiger charge is 2.11. The van der Waals surface area contributed by atoms with E-state index in [4.69, 9.17) is 16.6 Å². The Balaban J connectivity index is 2.01. The molecule has 0 radical (unpaired) electrons. The maximum atomic E-state index is 12.3. The van der Waals surface area contributed by atoms with E-state index in [1.807, 2.05) is 6.07 Å². The van der Waals surface area contributed by atoms with Crippen LogP contribution in [0.15, 0.2) is 59.7 Å². The van der Waals surface area contributed by atoms with Gasteiger partial charge in [0.25, 0.3) is 5.91 Å². The fourth-order valence-electron chi connectivity index (χ4n) is 1.80. The minimum atomic E-state index is -0.203. The van der Waals surface area contributed by atoms with E-state index in [0.717, 1.165) is 0 Å². The summed E-state index contributed by atoms with van der Waals surface area (Å²) in [6.07, 6.45) is 3.27. The number of benzene rings is 1. The molecule has 2 aromatic rings. The Morgan fingerprint density at radius 1 is 1.23 bits per heavy atom. The molecule has 0 aliphatic heterocycles. The number of hydrogen-bond acceptors (Lipinski definition) is 3. The van der Waals surface area contributed by atoms with Gasteiger partial charge < -0.3 is 20.4 Å². The SMILES string of the molecule is C=CCNC(=S)Nc1ccccc1C(=O)NCc1ccco1. The molecule has 0 fully saturated rings. The van der Waals surface area contributed by atoms with E-state index in [2.05, 4.69) is 22.5 Å². The molecule has 0 spiro atoms. The van der Waals surface area contributed by atoms with Crippen LogP contribution in [0.3, 0.4) is 0 Å². The summed E-state index contributed by atoms with van der Waals surface area (Å²) in [5, 5.41) is 9.21. The topological polar surface area (TPSA) is 66.3 Å². The van der Waals surface area contributed by atoms with Crippen LogP contribution in [-0.4, -0.2) is 17.6 Å². The first-order valence-electron chi connectivity index (χ1n) is 6.76. The maximum absolute atomic E-state index is 12.3. The van der Waals surface area contributed by atoms with E-state index in [1.165, 1.54) is 0 Å². The van der Waals surface area contributed by atoms with Crippen molar-refractivity contribution in [3.8, 4) is 0 Å². The van der Waals surface area contributed by atoms with Crippen molar-refractivity contribution >= 4 is 28.9 Å². The van der Waals surface area contributed by atoms with Crippen LogP contribution in [0.25, 0.3) is 0 Å². The van der Waals surface area contributed by atoms with Crippen LogP contribution < -0.4 is 16.0 Å². The van der Waals surface area contributed by atoms with Crippen molar-refractivity contribution in [2.75, 3.05) is 11.9 Å². The Labute approximate surface area is 134 Å². The molecule has 2 rings (SSSR count). The molecule has 1 heterocycles. The monoisotopic (exact) mass is 315 g/mol. The predicted octanol–water partition coefficient (Wildman–Crippen LogP) is 2.68. The zero-order valence-electron chi connectivity index (χ0n) is 12.0. The van der Waals surface area contributed by atoms with Crippen LogP contribution >= 0.6 is 12.2 Å². The summed E-state index contributed by atoms with van der Waals surface area (Å²) in [5.74, 6) is 0.494. The largest absolute Gasteiger partial charge is 0.467 e. The molecule has 5 nitrogen and oxygen atoms in total. The molecular formula is C16H17N3O2S. The molecule has 6 heteroatoms. The third-order valence-corrected chi connectivity index (χ3v) is 3.08. The van der Waals surface area contributed by atoms with Gasteiger partial charge in [-0.25, -0.2) is 0 Å². The Kier molecular flexibility index (Phi) is 5.73. The first-order valence-corrected chi connectivity index (χ1v) is 7.17. The first kappa shape index (κ1) is 15.8. The smallest absolute Gasteiger partial charge is 0.253 e. The van der Waals surface area contributed by atoms with Crippen molar-refractivity contribution in [3.05, 3.63) is 66.6 Å². The number of carbonyl (C=O) groups is 1. The molecule has 0 bridgehead atoms. The third kappa shape index (κ3) is 4.46. The molecule has 0 saturated carbocycles. The van der Waals surface area contributed by atoms with Gasteiger partial charge in [-0.15, -0.1) is 6.58 Å². The molecular weight excluding hydrogens is 298 g/mol. The summed E-state index contributed by atoms with van der Waals surface area (Å²) in [4.78, 5) is 12.3. The predicted molar refractivity (Wildman–Crippen MR) is 90.7 cm³/mol. The van der Waals surface area contributed by atoms with Gasteiger partial charge in [0.05, 0.1) is 24.1 Å². The normalized spacial score (nSPS) is 9.82. The minimum absolute atomic E-state index is 0.203. The summed E-state index contributed by atoms with van der Waals surface area (Å²) in [5.41, 5.74) is 1.15. The van der Waals surface area contributed by atoms with Gasteiger partial charge in [0.1, 0.15) is 5.76 Å². The van der Waals surface area contributed by atoms with Crippen molar-refractivity contribution in [2.45, 2.75) is 6.54 Å². The van der Waals surface area contributed by atoms with Crippen molar-refractivity contribution in [1.82, 2.24) is 10.6 Å². The van der Waals surface area contributed by atoms with Gasteiger partial charge in [-0.05, 0) is 36.5 Å². The maximum Gasteiger partial charge on any atom is 0.253 e. The second kappa shape index (κ2) is 7.99. The molecule has 22 heavy (non-hydrogen) atoms. The number of anilines is 1. The second-order valence-electron chi connectivity index (χ2n) is 4.43. The zero-order chi connectivity index (χ0) is 15.8. The van der Waals surface area contributed by atoms with Gasteiger partial charge in [-0.2, -0.15) is 0 Å². The second-order valence-corrected chi connectivity index (χ2v) is 4.84. The molecule has 0 atom stereocenters. The Hall–Kier alpha value is -2.60. The summed E-state index contributed by atoms with van der Waals surface area (Å²) >= 11 is 5.16. The highest BCUT2D eigenvalue weighted by atomic mass is 32.1.